The molecule has 0 saturated heterocycles. The van der Waals surface area contributed by atoms with Gasteiger partial charge in [-0.2, -0.15) is 3.97 Å². The van der Waals surface area contributed by atoms with Crippen molar-refractivity contribution in [3.63, 3.8) is 0 Å². The van der Waals surface area contributed by atoms with E-state index in [-0.39, 0.29) is 10.4 Å². The molecule has 0 unspecified atom stereocenters. The monoisotopic (exact) mass is 316 g/mol. The molecule has 0 aliphatic heterocycles. The van der Waals surface area contributed by atoms with E-state index < -0.39 is 15.6 Å². The molecule has 0 aliphatic carbocycles. The zero-order valence-corrected chi connectivity index (χ0v) is 12.4. The largest absolute Gasteiger partial charge is 0.497 e. The number of nitrogens with zero attached hydrogens (tertiary/aromatic N) is 2. The summed E-state index contributed by atoms with van der Waals surface area (Å²) in [7, 11) is -2.52. The Morgan fingerprint density at radius 3 is 2.41 bits per heavy atom. The lowest BCUT2D eigenvalue weighted by molar-refractivity contribution is 0.414. The molecular formula is C15H12N2O4S. The molecule has 0 saturated carbocycles. The van der Waals surface area contributed by atoms with Crippen molar-refractivity contribution in [1.82, 2.24) is 8.96 Å². The van der Waals surface area contributed by atoms with Gasteiger partial charge in [0.25, 0.3) is 15.6 Å². The topological polar surface area (TPSA) is 78.3 Å². The van der Waals surface area contributed by atoms with Crippen LogP contribution in [0.15, 0.2) is 64.4 Å². The lowest BCUT2D eigenvalue weighted by atomic mass is 10.3. The molecule has 6 nitrogen and oxygen atoms in total. The number of benzene rings is 2. The molecule has 2 aromatic carbocycles. The molecule has 0 atom stereocenters. The van der Waals surface area contributed by atoms with Crippen molar-refractivity contribution >= 4 is 21.1 Å². The van der Waals surface area contributed by atoms with Crippen LogP contribution in [-0.2, 0) is 10.0 Å². The Kier molecular flexibility index (Phi) is 3.42. The third kappa shape index (κ3) is 2.25. The Labute approximate surface area is 126 Å². The fraction of sp³-hybridized carbons (Fsp3) is 0.0667. The molecule has 7 heteroatoms. The van der Waals surface area contributed by atoms with Crippen molar-refractivity contribution in [2.75, 3.05) is 7.11 Å². The maximum atomic E-state index is 12.8. The molecule has 0 radical (unpaired) electrons. The van der Waals surface area contributed by atoms with E-state index in [9.17, 15) is 13.2 Å². The Hall–Kier alpha value is -2.67. The van der Waals surface area contributed by atoms with Crippen molar-refractivity contribution in [2.45, 2.75) is 4.90 Å². The molecule has 0 amide bonds. The van der Waals surface area contributed by atoms with Gasteiger partial charge in [-0.05, 0) is 36.4 Å². The molecule has 1 aromatic heterocycles. The normalized spacial score (nSPS) is 11.5. The Morgan fingerprint density at radius 1 is 1.05 bits per heavy atom. The van der Waals surface area contributed by atoms with E-state index in [2.05, 4.69) is 4.98 Å². The number of hydrogen-bond acceptors (Lipinski definition) is 5. The first-order valence-electron chi connectivity index (χ1n) is 6.40. The van der Waals surface area contributed by atoms with E-state index in [1.54, 1.807) is 24.3 Å². The first kappa shape index (κ1) is 14.3. The number of para-hydroxylation sites is 2. The van der Waals surface area contributed by atoms with Crippen LogP contribution in [-0.4, -0.2) is 24.5 Å². The minimum Gasteiger partial charge on any atom is -0.497 e. The molecular weight excluding hydrogens is 304 g/mol. The molecule has 0 N–H and O–H groups in total. The summed E-state index contributed by atoms with van der Waals surface area (Å²) in [5, 5.41) is 0. The zero-order valence-electron chi connectivity index (χ0n) is 11.6. The summed E-state index contributed by atoms with van der Waals surface area (Å²) in [6.45, 7) is 0. The van der Waals surface area contributed by atoms with Gasteiger partial charge in [0.15, 0.2) is 0 Å². The molecule has 22 heavy (non-hydrogen) atoms. The molecule has 0 aliphatic rings. The second-order valence-corrected chi connectivity index (χ2v) is 6.32. The highest BCUT2D eigenvalue weighted by molar-refractivity contribution is 7.90. The highest BCUT2D eigenvalue weighted by Gasteiger charge is 2.21. The number of hydrogen-bond donors (Lipinski definition) is 0. The fourth-order valence-corrected chi connectivity index (χ4v) is 3.53. The first-order chi connectivity index (χ1) is 10.5. The molecule has 3 aromatic rings. The zero-order chi connectivity index (χ0) is 15.7. The minimum atomic E-state index is -4.01. The van der Waals surface area contributed by atoms with Crippen LogP contribution in [0.3, 0.4) is 0 Å². The van der Waals surface area contributed by atoms with Gasteiger partial charge in [0, 0.05) is 0 Å². The second-order valence-electron chi connectivity index (χ2n) is 4.53. The third-order valence-corrected chi connectivity index (χ3v) is 4.94. The van der Waals surface area contributed by atoms with E-state index in [1.807, 2.05) is 0 Å². The van der Waals surface area contributed by atoms with Gasteiger partial charge in [0.05, 0.1) is 29.2 Å². The lowest BCUT2D eigenvalue weighted by Crippen LogP contribution is -2.27. The highest BCUT2D eigenvalue weighted by atomic mass is 32.2. The number of rotatable bonds is 3. The lowest BCUT2D eigenvalue weighted by Gasteiger charge is -2.10. The average Bonchev–Trinajstić information content (AvgIpc) is 2.54. The number of methoxy groups -OCH3 is 1. The third-order valence-electron chi connectivity index (χ3n) is 3.21. The van der Waals surface area contributed by atoms with Crippen molar-refractivity contribution < 1.29 is 13.2 Å². The molecule has 112 valence electrons. The van der Waals surface area contributed by atoms with Crippen LogP contribution in [0.1, 0.15) is 0 Å². The van der Waals surface area contributed by atoms with E-state index >= 15 is 0 Å². The summed E-state index contributed by atoms with van der Waals surface area (Å²) in [4.78, 5) is 16.0. The van der Waals surface area contributed by atoms with Crippen molar-refractivity contribution in [1.29, 1.82) is 0 Å². The maximum absolute atomic E-state index is 12.8. The summed E-state index contributed by atoms with van der Waals surface area (Å²) in [6.07, 6.45) is 1.00. The van der Waals surface area contributed by atoms with E-state index in [0.717, 1.165) is 10.2 Å². The van der Waals surface area contributed by atoms with Gasteiger partial charge in [-0.1, -0.05) is 12.1 Å². The van der Waals surface area contributed by atoms with Crippen LogP contribution in [0.5, 0.6) is 5.75 Å². The standard InChI is InChI=1S/C15H12N2O4S/c1-21-11-6-8-12(9-7-11)22(19,20)17-14-5-3-2-4-13(14)16-10-15(17)18/h2-10H,1H3. The number of ether oxygens (including phenoxy) is 1. The smallest absolute Gasteiger partial charge is 0.283 e. The summed E-state index contributed by atoms with van der Waals surface area (Å²) in [5.74, 6) is 0.533. The average molecular weight is 316 g/mol. The van der Waals surface area contributed by atoms with Gasteiger partial charge >= 0.3 is 0 Å². The van der Waals surface area contributed by atoms with E-state index in [4.69, 9.17) is 4.74 Å². The van der Waals surface area contributed by atoms with E-state index in [1.165, 1.54) is 31.4 Å². The van der Waals surface area contributed by atoms with Gasteiger partial charge in [0.2, 0.25) is 0 Å². The van der Waals surface area contributed by atoms with Crippen molar-refractivity contribution in [2.24, 2.45) is 0 Å². The van der Waals surface area contributed by atoms with Crippen LogP contribution in [0.4, 0.5) is 0 Å². The van der Waals surface area contributed by atoms with Crippen LogP contribution in [0.2, 0.25) is 0 Å². The van der Waals surface area contributed by atoms with Gasteiger partial charge in [-0.25, -0.2) is 13.4 Å². The quantitative estimate of drug-likeness (QED) is 0.734. The maximum Gasteiger partial charge on any atom is 0.283 e. The Morgan fingerprint density at radius 2 is 1.73 bits per heavy atom. The predicted octanol–water partition coefficient (Wildman–Crippen LogP) is 1.64. The van der Waals surface area contributed by atoms with Crippen LogP contribution < -0.4 is 10.3 Å². The summed E-state index contributed by atoms with van der Waals surface area (Å²) < 4.78 is 31.3. The second kappa shape index (κ2) is 5.27. The fourth-order valence-electron chi connectivity index (χ4n) is 2.14. The summed E-state index contributed by atoms with van der Waals surface area (Å²) in [6, 6.07) is 12.4. The van der Waals surface area contributed by atoms with Gasteiger partial charge < -0.3 is 4.74 Å². The van der Waals surface area contributed by atoms with Crippen LogP contribution in [0.25, 0.3) is 11.0 Å². The molecule has 1 heterocycles. The van der Waals surface area contributed by atoms with E-state index in [0.29, 0.717) is 11.3 Å². The number of fused-ring (bicyclic) bond motifs is 1. The van der Waals surface area contributed by atoms with Gasteiger partial charge in [-0.15, -0.1) is 0 Å². The van der Waals surface area contributed by atoms with Crippen LogP contribution >= 0.6 is 0 Å². The molecule has 0 bridgehead atoms. The van der Waals surface area contributed by atoms with Gasteiger partial charge in [0.1, 0.15) is 5.75 Å². The van der Waals surface area contributed by atoms with Crippen LogP contribution in [0, 0.1) is 0 Å². The molecule has 0 spiro atoms. The SMILES string of the molecule is COc1ccc(S(=O)(=O)n2c(=O)cnc3ccccc32)cc1. The predicted molar refractivity (Wildman–Crippen MR) is 81.6 cm³/mol. The Bertz CT molecular complexity index is 992. The summed E-state index contributed by atoms with van der Waals surface area (Å²) in [5.41, 5.74) is -0.0282. The minimum absolute atomic E-state index is 0.00625. The molecule has 0 fully saturated rings. The molecule has 3 rings (SSSR count). The van der Waals surface area contributed by atoms with Crippen molar-refractivity contribution in [3.05, 3.63) is 65.1 Å². The Balaban J connectivity index is 2.29. The summed E-state index contributed by atoms with van der Waals surface area (Å²) >= 11 is 0. The first-order valence-corrected chi connectivity index (χ1v) is 7.84. The highest BCUT2D eigenvalue weighted by Crippen LogP contribution is 2.20. The van der Waals surface area contributed by atoms with Crippen molar-refractivity contribution in [3.8, 4) is 5.75 Å². The number of aromatic nitrogens is 2. The van der Waals surface area contributed by atoms with Gasteiger partial charge in [-0.3, -0.25) is 4.79 Å².